The van der Waals surface area contributed by atoms with Crippen molar-refractivity contribution in [2.24, 2.45) is 34.0 Å². The first-order valence-electron chi connectivity index (χ1n) is 39.3. The lowest BCUT2D eigenvalue weighted by molar-refractivity contribution is -0.146. The summed E-state index contributed by atoms with van der Waals surface area (Å²) in [4.78, 5) is 25.5. The lowest BCUT2D eigenvalue weighted by Crippen LogP contribution is -2.55. The molecule has 21 rings (SSSR count). The Morgan fingerprint density at radius 1 is 0.414 bits per heavy atom. The molecule has 9 heterocycles. The number of benzene rings is 3. The predicted molar refractivity (Wildman–Crippen MR) is 396 cm³/mol. The number of ether oxygens (including phenoxy) is 3. The number of Topliss-reactive ketones (excluding diaryl/α,β-unsaturated/α-hetero) is 1. The van der Waals surface area contributed by atoms with Crippen LogP contribution in [0.15, 0.2) is 180 Å². The molecule has 3 aromatic heterocycles. The van der Waals surface area contributed by atoms with E-state index in [-0.39, 0.29) is 49.9 Å². The molecule has 6 spiro atoms. The molecule has 9 fully saturated rings. The highest BCUT2D eigenvalue weighted by atomic mass is 16.5. The van der Waals surface area contributed by atoms with Gasteiger partial charge in [0.15, 0.2) is 0 Å². The third-order valence-electron chi connectivity index (χ3n) is 30.2. The molecule has 99 heavy (non-hydrogen) atoms. The van der Waals surface area contributed by atoms with E-state index in [1.807, 2.05) is 37.2 Å². The van der Waals surface area contributed by atoms with Gasteiger partial charge in [0.25, 0.3) is 0 Å². The second-order valence-electron chi connectivity index (χ2n) is 35.8. The molecule has 6 saturated carbocycles. The van der Waals surface area contributed by atoms with E-state index in [1.54, 1.807) is 11.1 Å². The van der Waals surface area contributed by atoms with Gasteiger partial charge in [0.05, 0.1) is 33.6 Å². The van der Waals surface area contributed by atoms with Crippen LogP contribution in [-0.4, -0.2) is 78.5 Å². The number of rotatable bonds is 7. The molecule has 3 saturated heterocycles. The minimum atomic E-state index is -0.294. The van der Waals surface area contributed by atoms with Crippen LogP contribution in [0.5, 0.6) is 0 Å². The second-order valence-corrected chi connectivity index (χ2v) is 35.8. The standard InChI is InChI=1S/2C31H38N2O.C28H29NO2/c2*1-20(2)33-26-7-6-24-17-25-10-12-29(3)27(22-5-4-21-11-15-32-19-23(21)16-22)8-9-28(29)31(25)14-13-30(24,18-26)34-31;1-26-10-8-22-15-21-4-5-23(30)16-27(21)11-12-28(22,31-27)25(26)7-6-24(26)19-3-2-18-9-13-29-17-20(18)14-19/h2*4-5,10-11,15-17,19-20,26-28,33H,6-9,12-14,18H2,1-3H3;2-3,8-9,13-15,17,24-25H,4-7,10-12,16H2,1H3/t26-,27+,28+,29+,30+,31+;26-,27-,28-,29-,30-,31-;24-,25-,26-,27-,28-/m011/s1. The maximum atomic E-state index is 12.4. The highest BCUT2D eigenvalue weighted by molar-refractivity contribution is 5.85. The molecule has 9 nitrogen and oxygen atoms in total. The summed E-state index contributed by atoms with van der Waals surface area (Å²) in [6.45, 7) is 16.7. The van der Waals surface area contributed by atoms with Crippen molar-refractivity contribution < 1.29 is 19.0 Å². The van der Waals surface area contributed by atoms with E-state index in [0.29, 0.717) is 78.3 Å². The summed E-state index contributed by atoms with van der Waals surface area (Å²) in [5, 5.41) is 15.3. The zero-order chi connectivity index (χ0) is 67.1. The zero-order valence-corrected chi connectivity index (χ0v) is 60.1. The van der Waals surface area contributed by atoms with Crippen LogP contribution in [0.2, 0.25) is 0 Å². The van der Waals surface area contributed by atoms with Crippen LogP contribution in [0.3, 0.4) is 0 Å². The van der Waals surface area contributed by atoms with Crippen LogP contribution in [0.25, 0.3) is 32.3 Å². The molecule has 0 unspecified atom stereocenters. The Hall–Kier alpha value is -6.20. The normalized spacial score (nSPS) is 40.6. The highest BCUT2D eigenvalue weighted by Crippen LogP contribution is 2.73. The molecular formula is C90H105N5O4. The fourth-order valence-corrected chi connectivity index (χ4v) is 25.9. The summed E-state index contributed by atoms with van der Waals surface area (Å²) in [7, 11) is 0. The summed E-state index contributed by atoms with van der Waals surface area (Å²) < 4.78 is 22.0. The van der Waals surface area contributed by atoms with E-state index in [9.17, 15) is 4.79 Å². The van der Waals surface area contributed by atoms with E-state index < -0.39 is 0 Å². The van der Waals surface area contributed by atoms with Crippen molar-refractivity contribution in [1.29, 1.82) is 0 Å². The topological polar surface area (TPSA) is 107 Å². The maximum absolute atomic E-state index is 12.4. The molecule has 15 aliphatic rings. The van der Waals surface area contributed by atoms with E-state index in [1.165, 1.54) is 174 Å². The number of hydrogen-bond acceptors (Lipinski definition) is 9. The number of nitrogens with zero attached hydrogens (tertiary/aromatic N) is 3. The molecule has 0 amide bonds. The molecule has 17 atom stereocenters. The lowest BCUT2D eigenvalue weighted by Gasteiger charge is -2.54. The molecule has 0 radical (unpaired) electrons. The minimum Gasteiger partial charge on any atom is -0.359 e. The Kier molecular flexibility index (Phi) is 14.7. The SMILES string of the molecule is CC(C)N[C@@H]1CCC2=CC3=CC[C@]4(C)[C@@H](c5ccc6ccncc6c5)CC[C@H]4[C@@]34CC[C@]2(C1)O4.CC(C)N[C@H]1CCC2=CC3=CC[C@]4(C)[C@@H](c5ccc6ccncc6c5)CC[C@H]4[C@@]34CC[C@]2(C1)O4.C[C@]12CC=C3C=C4CCC(=O)C[C@]45CC[C@]3(O5)[C@@H]1CC[C@@H]2c1ccc2ccncc2c1. The molecule has 9 heteroatoms. The van der Waals surface area contributed by atoms with E-state index in [4.69, 9.17) is 14.2 Å². The summed E-state index contributed by atoms with van der Waals surface area (Å²) in [6, 6.07) is 29.7. The number of carbonyl (C=O) groups excluding carboxylic acids is 1. The van der Waals surface area contributed by atoms with Crippen LogP contribution < -0.4 is 10.6 Å². The highest BCUT2D eigenvalue weighted by Gasteiger charge is 2.70. The summed E-state index contributed by atoms with van der Waals surface area (Å²) >= 11 is 0. The number of pyridine rings is 3. The van der Waals surface area contributed by atoms with Crippen molar-refractivity contribution >= 4 is 38.1 Å². The van der Waals surface area contributed by atoms with Crippen LogP contribution in [0.1, 0.15) is 237 Å². The van der Waals surface area contributed by atoms with Gasteiger partial charge in [-0.2, -0.15) is 0 Å². The first-order valence-corrected chi connectivity index (χ1v) is 39.3. The van der Waals surface area contributed by atoms with Crippen molar-refractivity contribution in [1.82, 2.24) is 25.6 Å². The van der Waals surface area contributed by atoms with Crippen molar-refractivity contribution in [3.63, 3.8) is 0 Å². The molecule has 6 bridgehead atoms. The number of ketones is 1. The van der Waals surface area contributed by atoms with Crippen LogP contribution in [0, 0.1) is 34.0 Å². The van der Waals surface area contributed by atoms with Gasteiger partial charge in [-0.25, -0.2) is 0 Å². The molecule has 3 aromatic carbocycles. The van der Waals surface area contributed by atoms with Gasteiger partial charge in [0.2, 0.25) is 0 Å². The van der Waals surface area contributed by atoms with Crippen molar-refractivity contribution in [3.05, 3.63) is 197 Å². The number of aromatic nitrogens is 3. The van der Waals surface area contributed by atoms with Crippen molar-refractivity contribution in [3.8, 4) is 0 Å². The first kappa shape index (κ1) is 63.7. The molecule has 6 aromatic rings. The monoisotopic (exact) mass is 1320 g/mol. The summed E-state index contributed by atoms with van der Waals surface area (Å²) in [5.74, 6) is 3.81. The average molecular weight is 1320 g/mol. The second kappa shape index (κ2) is 22.9. The third kappa shape index (κ3) is 9.59. The quantitative estimate of drug-likeness (QED) is 0.162. The number of carbonyl (C=O) groups is 1. The Balaban J connectivity index is 0.000000104. The summed E-state index contributed by atoms with van der Waals surface area (Å²) in [5.41, 5.74) is 13.5. The van der Waals surface area contributed by atoms with Crippen molar-refractivity contribution in [2.45, 2.75) is 278 Å². The Morgan fingerprint density at radius 2 is 0.778 bits per heavy atom. The fraction of sp³-hybridized carbons (Fsp3) is 0.556. The number of hydrogen-bond donors (Lipinski definition) is 2. The smallest absolute Gasteiger partial charge is 0.136 e. The minimum absolute atomic E-state index is 0.0207. The van der Waals surface area contributed by atoms with Crippen LogP contribution >= 0.6 is 0 Å². The van der Waals surface area contributed by atoms with Gasteiger partial charge in [-0.3, -0.25) is 19.7 Å². The molecule has 9 aliphatic carbocycles. The molecule has 514 valence electrons. The Bertz CT molecular complexity index is 4330. The molecule has 2 N–H and O–H groups in total. The van der Waals surface area contributed by atoms with Crippen LogP contribution in [0.4, 0.5) is 0 Å². The van der Waals surface area contributed by atoms with Gasteiger partial charge in [-0.05, 0) is 296 Å². The van der Waals surface area contributed by atoms with E-state index >= 15 is 0 Å². The largest absolute Gasteiger partial charge is 0.359 e. The van der Waals surface area contributed by atoms with Gasteiger partial charge in [-0.15, -0.1) is 0 Å². The van der Waals surface area contributed by atoms with Gasteiger partial charge < -0.3 is 24.8 Å². The number of allylic oxidation sites excluding steroid dienone is 3. The van der Waals surface area contributed by atoms with E-state index in [0.717, 1.165) is 38.5 Å². The number of nitrogens with one attached hydrogen (secondary N) is 2. The summed E-state index contributed by atoms with van der Waals surface area (Å²) in [6.07, 6.45) is 54.2. The fourth-order valence-electron chi connectivity index (χ4n) is 25.9. The van der Waals surface area contributed by atoms with Gasteiger partial charge in [0, 0.05) is 90.3 Å². The van der Waals surface area contributed by atoms with Gasteiger partial charge >= 0.3 is 0 Å². The third-order valence-corrected chi connectivity index (χ3v) is 30.2. The van der Waals surface area contributed by atoms with Crippen LogP contribution in [-0.2, 0) is 19.0 Å². The van der Waals surface area contributed by atoms with Gasteiger partial charge in [-0.1, -0.05) is 121 Å². The van der Waals surface area contributed by atoms with Gasteiger partial charge in [0.1, 0.15) is 5.78 Å². The zero-order valence-electron chi connectivity index (χ0n) is 60.1. The lowest BCUT2D eigenvalue weighted by atomic mass is 9.58. The Morgan fingerprint density at radius 3 is 1.16 bits per heavy atom. The molecular weight excluding hydrogens is 1220 g/mol. The Labute approximate surface area is 588 Å². The average Bonchev–Trinajstić information content (AvgIpc) is 1.56. The van der Waals surface area contributed by atoms with Crippen molar-refractivity contribution in [2.75, 3.05) is 0 Å². The maximum Gasteiger partial charge on any atom is 0.136 e. The van der Waals surface area contributed by atoms with E-state index in [2.05, 4.69) is 183 Å². The first-order chi connectivity index (χ1) is 47.9. The molecule has 6 aliphatic heterocycles. The number of fused-ring (bicyclic) bond motifs is 6. The predicted octanol–water partition coefficient (Wildman–Crippen LogP) is 19.7.